The molecule has 0 bridgehead atoms. The molecule has 0 amide bonds. The van der Waals surface area contributed by atoms with Crippen molar-refractivity contribution in [2.45, 2.75) is 0 Å². The largest absolute Gasteiger partial charge is 0.497 e. The number of hydrogen-bond donors (Lipinski definition) is 1. The van der Waals surface area contributed by atoms with E-state index in [1.165, 1.54) is 13.2 Å². The summed E-state index contributed by atoms with van der Waals surface area (Å²) in [6.07, 6.45) is 1.42. The van der Waals surface area contributed by atoms with Gasteiger partial charge < -0.3 is 10.5 Å². The molecular formula is C8H8N2O2. The van der Waals surface area contributed by atoms with Crippen molar-refractivity contribution in [1.29, 1.82) is 0 Å². The van der Waals surface area contributed by atoms with Gasteiger partial charge in [-0.1, -0.05) is 0 Å². The van der Waals surface area contributed by atoms with E-state index in [-0.39, 0.29) is 0 Å². The van der Waals surface area contributed by atoms with E-state index >= 15 is 0 Å². The Morgan fingerprint density at radius 3 is 2.92 bits per heavy atom. The number of nitrogens with zero attached hydrogens (tertiary/aromatic N) is 1. The number of hydrogen-bond acceptors (Lipinski definition) is 4. The second-order valence-electron chi connectivity index (χ2n) is 2.13. The lowest BCUT2D eigenvalue weighted by Gasteiger charge is -2.01. The maximum atomic E-state index is 9.94. The third kappa shape index (κ3) is 1.62. The average molecular weight is 164 g/mol. The molecule has 0 atom stereocenters. The Balaban J connectivity index is 3.16. The van der Waals surface area contributed by atoms with Crippen LogP contribution in [-0.2, 0) is 4.79 Å². The molecular weight excluding hydrogens is 156 g/mol. The van der Waals surface area contributed by atoms with E-state index in [9.17, 15) is 4.79 Å². The van der Waals surface area contributed by atoms with E-state index in [0.717, 1.165) is 0 Å². The summed E-state index contributed by atoms with van der Waals surface area (Å²) in [5.74, 6) is 0.609. The van der Waals surface area contributed by atoms with Gasteiger partial charge in [0.1, 0.15) is 11.4 Å². The first-order valence-electron chi connectivity index (χ1n) is 3.29. The smallest absolute Gasteiger partial charge is 0.240 e. The maximum Gasteiger partial charge on any atom is 0.240 e. The van der Waals surface area contributed by atoms with Gasteiger partial charge in [-0.15, -0.1) is 0 Å². The summed E-state index contributed by atoms with van der Waals surface area (Å²) < 4.78 is 4.91. The molecule has 0 aliphatic rings. The van der Waals surface area contributed by atoms with Crippen LogP contribution in [0.5, 0.6) is 5.75 Å². The fourth-order valence-corrected chi connectivity index (χ4v) is 0.796. The number of nitrogens with two attached hydrogens (primary N) is 1. The minimum Gasteiger partial charge on any atom is -0.497 e. The van der Waals surface area contributed by atoms with Gasteiger partial charge in [0.25, 0.3) is 0 Å². The van der Waals surface area contributed by atoms with Crippen LogP contribution in [0.4, 0.5) is 11.4 Å². The number of isocyanates is 1. The summed E-state index contributed by atoms with van der Waals surface area (Å²) in [7, 11) is 1.53. The van der Waals surface area contributed by atoms with Crippen molar-refractivity contribution in [3.05, 3.63) is 18.2 Å². The number of nitrogen functional groups attached to an aromatic ring is 1. The van der Waals surface area contributed by atoms with Crippen LogP contribution in [-0.4, -0.2) is 13.2 Å². The third-order valence-corrected chi connectivity index (χ3v) is 1.40. The predicted octanol–water partition coefficient (Wildman–Crippen LogP) is 1.24. The van der Waals surface area contributed by atoms with Gasteiger partial charge in [-0.3, -0.25) is 0 Å². The zero-order valence-electron chi connectivity index (χ0n) is 6.57. The summed E-state index contributed by atoms with van der Waals surface area (Å²) in [6.45, 7) is 0. The highest BCUT2D eigenvalue weighted by molar-refractivity contribution is 5.67. The van der Waals surface area contributed by atoms with Gasteiger partial charge in [0.15, 0.2) is 0 Å². The molecule has 1 rings (SSSR count). The van der Waals surface area contributed by atoms with Crippen LogP contribution in [0.2, 0.25) is 0 Å². The molecule has 0 spiro atoms. The molecule has 1 aromatic carbocycles. The Morgan fingerprint density at radius 1 is 1.58 bits per heavy atom. The SMILES string of the molecule is COc1ccc(N)c(N=C=O)c1. The Labute approximate surface area is 69.7 Å². The molecule has 0 radical (unpaired) electrons. The van der Waals surface area contributed by atoms with Crippen molar-refractivity contribution in [2.75, 3.05) is 12.8 Å². The molecule has 0 saturated heterocycles. The third-order valence-electron chi connectivity index (χ3n) is 1.40. The number of methoxy groups -OCH3 is 1. The Morgan fingerprint density at radius 2 is 2.33 bits per heavy atom. The molecule has 0 fully saturated rings. The van der Waals surface area contributed by atoms with Crippen LogP contribution < -0.4 is 10.5 Å². The molecule has 12 heavy (non-hydrogen) atoms. The lowest BCUT2D eigenvalue weighted by atomic mass is 10.2. The number of ether oxygens (including phenoxy) is 1. The highest BCUT2D eigenvalue weighted by Crippen LogP contribution is 2.26. The van der Waals surface area contributed by atoms with Crippen molar-refractivity contribution in [2.24, 2.45) is 4.99 Å². The van der Waals surface area contributed by atoms with E-state index in [2.05, 4.69) is 4.99 Å². The zero-order chi connectivity index (χ0) is 8.97. The quantitative estimate of drug-likeness (QED) is 0.406. The molecule has 4 nitrogen and oxygen atoms in total. The van der Waals surface area contributed by atoms with E-state index in [0.29, 0.717) is 17.1 Å². The molecule has 0 aromatic heterocycles. The number of anilines is 1. The second kappa shape index (κ2) is 3.55. The molecule has 0 heterocycles. The van der Waals surface area contributed by atoms with Crippen LogP contribution in [0, 0.1) is 0 Å². The number of carbonyl (C=O) groups excluding carboxylic acids is 1. The van der Waals surface area contributed by atoms with Gasteiger partial charge in [0.2, 0.25) is 6.08 Å². The summed E-state index contributed by atoms with van der Waals surface area (Å²) in [6, 6.07) is 4.88. The normalized spacial score (nSPS) is 8.75. The summed E-state index contributed by atoms with van der Waals surface area (Å²) in [5.41, 5.74) is 6.31. The lowest BCUT2D eigenvalue weighted by Crippen LogP contribution is -1.87. The van der Waals surface area contributed by atoms with Crippen molar-refractivity contribution in [1.82, 2.24) is 0 Å². The van der Waals surface area contributed by atoms with Crippen LogP contribution in [0.1, 0.15) is 0 Å². The van der Waals surface area contributed by atoms with Crippen molar-refractivity contribution in [3.63, 3.8) is 0 Å². The number of rotatable bonds is 2. The molecule has 0 unspecified atom stereocenters. The Hall–Kier alpha value is -1.80. The minimum atomic E-state index is 0.379. The van der Waals surface area contributed by atoms with Gasteiger partial charge in [0.05, 0.1) is 12.8 Å². The first-order chi connectivity index (χ1) is 5.77. The van der Waals surface area contributed by atoms with Crippen LogP contribution in [0.15, 0.2) is 23.2 Å². The van der Waals surface area contributed by atoms with Crippen molar-refractivity contribution in [3.8, 4) is 5.75 Å². The molecule has 0 aliphatic heterocycles. The molecule has 62 valence electrons. The minimum absolute atomic E-state index is 0.379. The van der Waals surface area contributed by atoms with Crippen LogP contribution in [0.25, 0.3) is 0 Å². The van der Waals surface area contributed by atoms with Gasteiger partial charge in [0, 0.05) is 6.07 Å². The molecule has 2 N–H and O–H groups in total. The first kappa shape index (κ1) is 8.30. The topological polar surface area (TPSA) is 64.7 Å². The van der Waals surface area contributed by atoms with E-state index < -0.39 is 0 Å². The average Bonchev–Trinajstić information content (AvgIpc) is 2.09. The van der Waals surface area contributed by atoms with E-state index in [1.807, 2.05) is 0 Å². The van der Waals surface area contributed by atoms with E-state index in [4.69, 9.17) is 10.5 Å². The second-order valence-corrected chi connectivity index (χ2v) is 2.13. The summed E-state index contributed by atoms with van der Waals surface area (Å²) in [5, 5.41) is 0. The highest BCUT2D eigenvalue weighted by Gasteiger charge is 1.98. The van der Waals surface area contributed by atoms with Crippen molar-refractivity contribution >= 4 is 17.5 Å². The van der Waals surface area contributed by atoms with Gasteiger partial charge in [-0.2, -0.15) is 4.99 Å². The van der Waals surface area contributed by atoms with Crippen LogP contribution >= 0.6 is 0 Å². The van der Waals surface area contributed by atoms with Crippen LogP contribution in [0.3, 0.4) is 0 Å². The van der Waals surface area contributed by atoms with E-state index in [1.54, 1.807) is 18.2 Å². The lowest BCUT2D eigenvalue weighted by molar-refractivity contribution is 0.415. The molecule has 0 aliphatic carbocycles. The fourth-order valence-electron chi connectivity index (χ4n) is 0.796. The Kier molecular flexibility index (Phi) is 2.46. The highest BCUT2D eigenvalue weighted by atomic mass is 16.5. The van der Waals surface area contributed by atoms with Gasteiger partial charge >= 0.3 is 0 Å². The zero-order valence-corrected chi connectivity index (χ0v) is 6.57. The predicted molar refractivity (Wildman–Crippen MR) is 45.2 cm³/mol. The van der Waals surface area contributed by atoms with Gasteiger partial charge in [-0.05, 0) is 12.1 Å². The standard InChI is InChI=1S/C8H8N2O2/c1-12-6-2-3-7(9)8(4-6)10-5-11/h2-4H,9H2,1H3. The number of aliphatic imine (C=N–C) groups is 1. The van der Waals surface area contributed by atoms with Gasteiger partial charge in [-0.25, -0.2) is 4.79 Å². The molecule has 0 saturated carbocycles. The molecule has 4 heteroatoms. The Bertz CT molecular complexity index is 330. The number of benzene rings is 1. The first-order valence-corrected chi connectivity index (χ1v) is 3.29. The molecule has 1 aromatic rings. The monoisotopic (exact) mass is 164 g/mol. The maximum absolute atomic E-state index is 9.94. The van der Waals surface area contributed by atoms with Crippen molar-refractivity contribution < 1.29 is 9.53 Å². The summed E-state index contributed by atoms with van der Waals surface area (Å²) >= 11 is 0. The summed E-state index contributed by atoms with van der Waals surface area (Å²) in [4.78, 5) is 13.3. The fraction of sp³-hybridized carbons (Fsp3) is 0.125.